The predicted molar refractivity (Wildman–Crippen MR) is 84.3 cm³/mol. The number of aromatic nitrogens is 2. The van der Waals surface area contributed by atoms with Crippen molar-refractivity contribution in [1.82, 2.24) is 14.9 Å². The molecule has 1 aromatic rings. The number of likely N-dealkylation sites (N-methyl/N-ethyl adjacent to an activating group) is 1. The van der Waals surface area contributed by atoms with Crippen molar-refractivity contribution in [3.05, 3.63) is 11.9 Å². The molecule has 0 aliphatic carbocycles. The number of anilines is 2. The van der Waals surface area contributed by atoms with E-state index in [2.05, 4.69) is 39.3 Å². The van der Waals surface area contributed by atoms with Crippen LogP contribution >= 0.6 is 0 Å². The van der Waals surface area contributed by atoms with E-state index in [4.69, 9.17) is 0 Å². The fourth-order valence-electron chi connectivity index (χ4n) is 2.65. The van der Waals surface area contributed by atoms with Crippen molar-refractivity contribution in [2.75, 3.05) is 36.8 Å². The van der Waals surface area contributed by atoms with Gasteiger partial charge in [0.1, 0.15) is 17.5 Å². The number of hydrogen-bond acceptors (Lipinski definition) is 5. The van der Waals surface area contributed by atoms with Gasteiger partial charge in [-0.15, -0.1) is 0 Å². The van der Waals surface area contributed by atoms with Crippen molar-refractivity contribution in [2.45, 2.75) is 46.1 Å². The molecule has 0 saturated carbocycles. The molecule has 0 amide bonds. The van der Waals surface area contributed by atoms with Crippen LogP contribution in [0.25, 0.3) is 0 Å². The third-order valence-corrected chi connectivity index (χ3v) is 3.70. The van der Waals surface area contributed by atoms with Crippen molar-refractivity contribution in [3.8, 4) is 0 Å². The van der Waals surface area contributed by atoms with Gasteiger partial charge in [-0.3, -0.25) is 0 Å². The first-order valence-electron chi connectivity index (χ1n) is 7.79. The van der Waals surface area contributed by atoms with E-state index in [0.717, 1.165) is 43.5 Å². The highest BCUT2D eigenvalue weighted by Gasteiger charge is 2.19. The smallest absolute Gasteiger partial charge is 0.132 e. The predicted octanol–water partition coefficient (Wildman–Crippen LogP) is 2.50. The monoisotopic (exact) mass is 277 g/mol. The molecule has 20 heavy (non-hydrogen) atoms. The molecular formula is C15H27N5. The molecule has 2 rings (SSSR count). The SMILES string of the molecule is CCCNc1cc(NC2CCCN(CC)C2)nc(C)n1. The molecule has 0 aromatic carbocycles. The molecule has 112 valence electrons. The van der Waals surface area contributed by atoms with Crippen molar-refractivity contribution >= 4 is 11.6 Å². The molecule has 2 N–H and O–H groups in total. The normalized spacial score (nSPS) is 19.9. The molecular weight excluding hydrogens is 250 g/mol. The van der Waals surface area contributed by atoms with Crippen molar-refractivity contribution in [2.24, 2.45) is 0 Å². The zero-order valence-electron chi connectivity index (χ0n) is 12.9. The molecule has 1 aliphatic heterocycles. The maximum atomic E-state index is 4.51. The maximum absolute atomic E-state index is 4.51. The zero-order chi connectivity index (χ0) is 14.4. The van der Waals surface area contributed by atoms with E-state index in [1.807, 2.05) is 13.0 Å². The van der Waals surface area contributed by atoms with E-state index < -0.39 is 0 Å². The molecule has 5 nitrogen and oxygen atoms in total. The third kappa shape index (κ3) is 4.34. The van der Waals surface area contributed by atoms with Gasteiger partial charge in [-0.1, -0.05) is 13.8 Å². The lowest BCUT2D eigenvalue weighted by atomic mass is 10.1. The van der Waals surface area contributed by atoms with Crippen LogP contribution in [0.4, 0.5) is 11.6 Å². The van der Waals surface area contributed by atoms with Crippen molar-refractivity contribution < 1.29 is 0 Å². The molecule has 1 saturated heterocycles. The Balaban J connectivity index is 1.99. The van der Waals surface area contributed by atoms with E-state index in [1.165, 1.54) is 19.4 Å². The van der Waals surface area contributed by atoms with Crippen LogP contribution in [0.5, 0.6) is 0 Å². The summed E-state index contributed by atoms with van der Waals surface area (Å²) in [6.07, 6.45) is 3.58. The van der Waals surface area contributed by atoms with E-state index in [1.54, 1.807) is 0 Å². The summed E-state index contributed by atoms with van der Waals surface area (Å²) in [6.45, 7) is 10.7. The Kier molecular flexibility index (Phi) is 5.59. The quantitative estimate of drug-likeness (QED) is 0.837. The van der Waals surface area contributed by atoms with Gasteiger partial charge in [-0.05, 0) is 39.3 Å². The summed E-state index contributed by atoms with van der Waals surface area (Å²) in [5.41, 5.74) is 0. The number of aryl methyl sites for hydroxylation is 1. The van der Waals surface area contributed by atoms with Gasteiger partial charge in [0.15, 0.2) is 0 Å². The summed E-state index contributed by atoms with van der Waals surface area (Å²) < 4.78 is 0. The lowest BCUT2D eigenvalue weighted by molar-refractivity contribution is 0.226. The Bertz CT molecular complexity index is 421. The summed E-state index contributed by atoms with van der Waals surface area (Å²) >= 11 is 0. The molecule has 1 unspecified atom stereocenters. The van der Waals surface area contributed by atoms with Gasteiger partial charge >= 0.3 is 0 Å². The highest BCUT2D eigenvalue weighted by molar-refractivity contribution is 5.48. The Morgan fingerprint density at radius 1 is 1.30 bits per heavy atom. The van der Waals surface area contributed by atoms with Gasteiger partial charge < -0.3 is 15.5 Å². The van der Waals surface area contributed by atoms with Gasteiger partial charge in [0, 0.05) is 25.2 Å². The van der Waals surface area contributed by atoms with Gasteiger partial charge in [-0.25, -0.2) is 9.97 Å². The summed E-state index contributed by atoms with van der Waals surface area (Å²) in [4.78, 5) is 11.4. The maximum Gasteiger partial charge on any atom is 0.132 e. The van der Waals surface area contributed by atoms with Crippen LogP contribution < -0.4 is 10.6 Å². The summed E-state index contributed by atoms with van der Waals surface area (Å²) in [5, 5.41) is 6.90. The van der Waals surface area contributed by atoms with Gasteiger partial charge in [0.05, 0.1) is 0 Å². The van der Waals surface area contributed by atoms with Crippen molar-refractivity contribution in [1.29, 1.82) is 0 Å². The fourth-order valence-corrected chi connectivity index (χ4v) is 2.65. The molecule has 0 bridgehead atoms. The first-order valence-corrected chi connectivity index (χ1v) is 7.79. The second-order valence-electron chi connectivity index (χ2n) is 5.49. The largest absolute Gasteiger partial charge is 0.370 e. The van der Waals surface area contributed by atoms with Gasteiger partial charge in [-0.2, -0.15) is 0 Å². The molecule has 5 heteroatoms. The van der Waals surface area contributed by atoms with E-state index in [-0.39, 0.29) is 0 Å². The topological polar surface area (TPSA) is 53.1 Å². The van der Waals surface area contributed by atoms with Crippen LogP contribution in [0.2, 0.25) is 0 Å². The molecule has 1 aliphatic rings. The molecule has 0 spiro atoms. The number of rotatable bonds is 6. The highest BCUT2D eigenvalue weighted by atomic mass is 15.2. The minimum absolute atomic E-state index is 0.497. The van der Waals surface area contributed by atoms with E-state index in [0.29, 0.717) is 6.04 Å². The van der Waals surface area contributed by atoms with E-state index >= 15 is 0 Å². The second kappa shape index (κ2) is 7.43. The van der Waals surface area contributed by atoms with Crippen molar-refractivity contribution in [3.63, 3.8) is 0 Å². The highest BCUT2D eigenvalue weighted by Crippen LogP contribution is 2.17. The average Bonchev–Trinajstić information content (AvgIpc) is 2.44. The molecule has 1 aromatic heterocycles. The molecule has 1 atom stereocenters. The molecule has 0 radical (unpaired) electrons. The minimum atomic E-state index is 0.497. The Morgan fingerprint density at radius 3 is 2.85 bits per heavy atom. The van der Waals surface area contributed by atoms with Crippen LogP contribution in [0.1, 0.15) is 38.9 Å². The summed E-state index contributed by atoms with van der Waals surface area (Å²) in [5.74, 6) is 2.68. The number of likely N-dealkylation sites (tertiary alicyclic amines) is 1. The summed E-state index contributed by atoms with van der Waals surface area (Å²) in [7, 11) is 0. The third-order valence-electron chi connectivity index (χ3n) is 3.70. The van der Waals surface area contributed by atoms with Crippen LogP contribution in [-0.2, 0) is 0 Å². The number of nitrogens with zero attached hydrogens (tertiary/aromatic N) is 3. The van der Waals surface area contributed by atoms with Crippen LogP contribution in [0.15, 0.2) is 6.07 Å². The first-order chi connectivity index (χ1) is 9.71. The fraction of sp³-hybridized carbons (Fsp3) is 0.733. The summed E-state index contributed by atoms with van der Waals surface area (Å²) in [6, 6.07) is 2.52. The molecule has 1 fully saturated rings. The Hall–Kier alpha value is -1.36. The van der Waals surface area contributed by atoms with Gasteiger partial charge in [0.2, 0.25) is 0 Å². The lowest BCUT2D eigenvalue weighted by Crippen LogP contribution is -2.42. The number of hydrogen-bond donors (Lipinski definition) is 2. The lowest BCUT2D eigenvalue weighted by Gasteiger charge is -2.32. The standard InChI is InChI=1S/C15H27N5/c1-4-8-16-14-10-15(18-12(3)17-14)19-13-7-6-9-20(5-2)11-13/h10,13H,4-9,11H2,1-3H3,(H2,16,17,18,19). The van der Waals surface area contributed by atoms with E-state index in [9.17, 15) is 0 Å². The van der Waals surface area contributed by atoms with Crippen LogP contribution in [-0.4, -0.2) is 47.1 Å². The van der Waals surface area contributed by atoms with Crippen LogP contribution in [0.3, 0.4) is 0 Å². The van der Waals surface area contributed by atoms with Crippen LogP contribution in [0, 0.1) is 6.92 Å². The minimum Gasteiger partial charge on any atom is -0.370 e. The Labute approximate surface area is 122 Å². The zero-order valence-corrected chi connectivity index (χ0v) is 12.9. The van der Waals surface area contributed by atoms with Gasteiger partial charge in [0.25, 0.3) is 0 Å². The second-order valence-corrected chi connectivity index (χ2v) is 5.49. The number of piperidine rings is 1. The Morgan fingerprint density at radius 2 is 2.10 bits per heavy atom. The first kappa shape index (κ1) is 15.0. The molecule has 2 heterocycles. The average molecular weight is 277 g/mol. The number of nitrogens with one attached hydrogen (secondary N) is 2.